The first-order valence-electron chi connectivity index (χ1n) is 9.86. The summed E-state index contributed by atoms with van der Waals surface area (Å²) >= 11 is 0. The second kappa shape index (κ2) is 13.1. The summed E-state index contributed by atoms with van der Waals surface area (Å²) in [5.41, 5.74) is 1.08. The van der Waals surface area contributed by atoms with Gasteiger partial charge in [0.05, 0.1) is 33.6 Å². The molecule has 0 bridgehead atoms. The number of hydrogen-bond acceptors (Lipinski definition) is 7. The molecular weight excluding hydrogens is 537 g/mol. The number of nitrogens with one attached hydrogen (secondary N) is 1. The number of rotatable bonds is 9. The minimum atomic E-state index is -3.52. The van der Waals surface area contributed by atoms with Crippen molar-refractivity contribution in [2.24, 2.45) is 10.1 Å². The Morgan fingerprint density at radius 1 is 1.10 bits per heavy atom. The van der Waals surface area contributed by atoms with Gasteiger partial charge in [0.2, 0.25) is 15.8 Å². The Bertz CT molecular complexity index is 804. The molecule has 1 aliphatic rings. The van der Waals surface area contributed by atoms with E-state index in [1.807, 2.05) is 19.1 Å². The lowest BCUT2D eigenvalue weighted by molar-refractivity contribution is 0.172. The Kier molecular flexibility index (Phi) is 11.7. The van der Waals surface area contributed by atoms with E-state index in [2.05, 4.69) is 20.1 Å². The lowest BCUT2D eigenvalue weighted by atomic mass is 10.1. The van der Waals surface area contributed by atoms with Crippen LogP contribution in [0.4, 0.5) is 0 Å². The van der Waals surface area contributed by atoms with Crippen molar-refractivity contribution in [3.05, 3.63) is 17.7 Å². The van der Waals surface area contributed by atoms with E-state index in [4.69, 9.17) is 19.3 Å². The molecule has 12 heteroatoms. The van der Waals surface area contributed by atoms with E-state index < -0.39 is 10.0 Å². The molecule has 31 heavy (non-hydrogen) atoms. The summed E-state index contributed by atoms with van der Waals surface area (Å²) in [5.74, 6) is 2.42. The van der Waals surface area contributed by atoms with E-state index in [1.165, 1.54) is 0 Å². The van der Waals surface area contributed by atoms with Crippen LogP contribution in [0.2, 0.25) is 0 Å². The Hall–Kier alpha value is -1.51. The van der Waals surface area contributed by atoms with Crippen LogP contribution in [-0.4, -0.2) is 90.5 Å². The number of halogens is 1. The summed E-state index contributed by atoms with van der Waals surface area (Å²) in [5, 5.41) is 8.28. The third kappa shape index (κ3) is 8.50. The minimum absolute atomic E-state index is 0. The predicted molar refractivity (Wildman–Crippen MR) is 132 cm³/mol. The molecule has 1 aliphatic heterocycles. The van der Waals surface area contributed by atoms with E-state index in [9.17, 15) is 8.42 Å². The van der Waals surface area contributed by atoms with Gasteiger partial charge in [-0.3, -0.25) is 9.89 Å². The lowest BCUT2D eigenvalue weighted by Gasteiger charge is -2.36. The predicted octanol–water partition coefficient (Wildman–Crippen LogP) is 0.702. The third-order valence-corrected chi connectivity index (χ3v) is 5.53. The van der Waals surface area contributed by atoms with Crippen LogP contribution in [0.25, 0.3) is 0 Å². The fourth-order valence-corrected chi connectivity index (χ4v) is 3.65. The Labute approximate surface area is 202 Å². The summed E-state index contributed by atoms with van der Waals surface area (Å²) in [6, 6.07) is 3.93. The van der Waals surface area contributed by atoms with Crippen molar-refractivity contribution < 1.29 is 22.6 Å². The van der Waals surface area contributed by atoms with Crippen molar-refractivity contribution in [3.8, 4) is 17.2 Å². The maximum atomic E-state index is 11.1. The largest absolute Gasteiger partial charge is 0.493 e. The van der Waals surface area contributed by atoms with Gasteiger partial charge in [0, 0.05) is 39.3 Å². The number of sulfonamides is 1. The molecule has 1 fully saturated rings. The number of piperazine rings is 1. The summed E-state index contributed by atoms with van der Waals surface area (Å²) in [6.45, 7) is 6.84. The van der Waals surface area contributed by atoms with Crippen molar-refractivity contribution >= 4 is 40.0 Å². The van der Waals surface area contributed by atoms with Gasteiger partial charge in [0.1, 0.15) is 0 Å². The maximum Gasteiger partial charge on any atom is 0.210 e. The van der Waals surface area contributed by atoms with Crippen molar-refractivity contribution in [1.29, 1.82) is 0 Å². The number of benzene rings is 1. The highest BCUT2D eigenvalue weighted by atomic mass is 127. The summed E-state index contributed by atoms with van der Waals surface area (Å²) < 4.78 is 38.5. The Morgan fingerprint density at radius 2 is 1.68 bits per heavy atom. The molecule has 1 saturated heterocycles. The van der Waals surface area contributed by atoms with Gasteiger partial charge in [0.25, 0.3) is 0 Å². The number of nitrogens with two attached hydrogens (primary N) is 1. The van der Waals surface area contributed by atoms with Gasteiger partial charge < -0.3 is 24.4 Å². The average molecular weight is 571 g/mol. The van der Waals surface area contributed by atoms with Crippen LogP contribution >= 0.6 is 24.0 Å². The first kappa shape index (κ1) is 27.5. The molecule has 1 heterocycles. The monoisotopic (exact) mass is 571 g/mol. The third-order valence-electron chi connectivity index (χ3n) is 4.77. The standard InChI is InChI=1S/C19H33N5O5S.HI/c1-5-21-19(22-6-11-30(20,25)26)24-9-7-23(8-10-24)14-15-12-16(27-2)18(29-4)17(13-15)28-3;/h12-13H,5-11,14H2,1-4H3,(H,21,22)(H2,20,25,26);1H. The number of nitrogens with zero attached hydrogens (tertiary/aromatic N) is 3. The number of guanidine groups is 1. The Morgan fingerprint density at radius 3 is 2.13 bits per heavy atom. The highest BCUT2D eigenvalue weighted by Crippen LogP contribution is 2.38. The van der Waals surface area contributed by atoms with E-state index in [0.29, 0.717) is 29.8 Å². The van der Waals surface area contributed by atoms with Gasteiger partial charge in [-0.1, -0.05) is 0 Å². The van der Waals surface area contributed by atoms with Crippen molar-refractivity contribution in [3.63, 3.8) is 0 Å². The number of primary sulfonamides is 1. The molecule has 0 atom stereocenters. The summed E-state index contributed by atoms with van der Waals surface area (Å²) in [7, 11) is 1.29. The van der Waals surface area contributed by atoms with Gasteiger partial charge in [0.15, 0.2) is 17.5 Å². The van der Waals surface area contributed by atoms with Crippen LogP contribution in [0.15, 0.2) is 17.1 Å². The molecular formula is C19H34IN5O5S. The molecule has 0 radical (unpaired) electrons. The van der Waals surface area contributed by atoms with Crippen LogP contribution in [0.5, 0.6) is 17.2 Å². The molecule has 1 aromatic rings. The van der Waals surface area contributed by atoms with Gasteiger partial charge in [-0.25, -0.2) is 13.6 Å². The topological polar surface area (TPSA) is 119 Å². The molecule has 10 nitrogen and oxygen atoms in total. The maximum absolute atomic E-state index is 11.1. The molecule has 2 rings (SSSR count). The zero-order valence-electron chi connectivity index (χ0n) is 18.6. The zero-order chi connectivity index (χ0) is 22.1. The normalized spacial score (nSPS) is 15.3. The van der Waals surface area contributed by atoms with E-state index in [-0.39, 0.29) is 36.3 Å². The molecule has 0 aliphatic carbocycles. The molecule has 0 aromatic heterocycles. The van der Waals surface area contributed by atoms with Gasteiger partial charge >= 0.3 is 0 Å². The van der Waals surface area contributed by atoms with Crippen LogP contribution in [0, 0.1) is 0 Å². The Balaban J connectivity index is 0.00000480. The van der Waals surface area contributed by atoms with E-state index in [0.717, 1.165) is 38.3 Å². The smallest absolute Gasteiger partial charge is 0.210 e. The van der Waals surface area contributed by atoms with Gasteiger partial charge in [-0.15, -0.1) is 24.0 Å². The van der Waals surface area contributed by atoms with Crippen molar-refractivity contribution in [2.75, 3.05) is 66.4 Å². The van der Waals surface area contributed by atoms with Crippen molar-refractivity contribution in [1.82, 2.24) is 15.1 Å². The van der Waals surface area contributed by atoms with Crippen molar-refractivity contribution in [2.45, 2.75) is 13.5 Å². The first-order chi connectivity index (χ1) is 14.3. The van der Waals surface area contributed by atoms with E-state index >= 15 is 0 Å². The first-order valence-corrected chi connectivity index (χ1v) is 11.6. The van der Waals surface area contributed by atoms with Gasteiger partial charge in [-0.05, 0) is 24.6 Å². The molecule has 3 N–H and O–H groups in total. The zero-order valence-corrected chi connectivity index (χ0v) is 21.7. The van der Waals surface area contributed by atoms with Crippen LogP contribution < -0.4 is 24.7 Å². The number of hydrogen-bond donors (Lipinski definition) is 2. The summed E-state index contributed by atoms with van der Waals surface area (Å²) in [6.07, 6.45) is 0. The second-order valence-corrected chi connectivity index (χ2v) is 8.63. The number of ether oxygens (including phenoxy) is 3. The molecule has 178 valence electrons. The minimum Gasteiger partial charge on any atom is -0.493 e. The SMILES string of the molecule is CCNC(=NCCS(N)(=O)=O)N1CCN(Cc2cc(OC)c(OC)c(OC)c2)CC1.I. The van der Waals surface area contributed by atoms with Crippen LogP contribution in [0.1, 0.15) is 12.5 Å². The molecule has 0 amide bonds. The van der Waals surface area contributed by atoms with E-state index in [1.54, 1.807) is 21.3 Å². The number of methoxy groups -OCH3 is 3. The molecule has 1 aromatic carbocycles. The lowest BCUT2D eigenvalue weighted by Crippen LogP contribution is -2.52. The van der Waals surface area contributed by atoms with Crippen LogP contribution in [0.3, 0.4) is 0 Å². The van der Waals surface area contributed by atoms with Crippen LogP contribution in [-0.2, 0) is 16.6 Å². The fourth-order valence-electron chi connectivity index (χ4n) is 3.31. The summed E-state index contributed by atoms with van der Waals surface area (Å²) in [4.78, 5) is 8.88. The average Bonchev–Trinajstić information content (AvgIpc) is 2.72. The highest BCUT2D eigenvalue weighted by Gasteiger charge is 2.21. The second-order valence-electron chi connectivity index (χ2n) is 6.90. The molecule has 0 saturated carbocycles. The highest BCUT2D eigenvalue weighted by molar-refractivity contribution is 14.0. The quantitative estimate of drug-likeness (QED) is 0.253. The molecule has 0 unspecified atom stereocenters. The molecule has 0 spiro atoms. The fraction of sp³-hybridized carbons (Fsp3) is 0.632. The number of aliphatic imine (C=N–C) groups is 1. The van der Waals surface area contributed by atoms with Gasteiger partial charge in [-0.2, -0.15) is 0 Å².